The number of hydrogen-bond donors (Lipinski definition) is 2. The number of benzene rings is 2. The second-order valence-corrected chi connectivity index (χ2v) is 5.24. The van der Waals surface area contributed by atoms with Crippen molar-refractivity contribution in [1.29, 1.82) is 0 Å². The molecule has 5 nitrogen and oxygen atoms in total. The third-order valence-electron chi connectivity index (χ3n) is 3.94. The first-order valence-corrected chi connectivity index (χ1v) is 7.18. The molecule has 2 aromatic carbocycles. The molecule has 1 heterocycles. The van der Waals surface area contributed by atoms with Crippen LogP contribution in [0, 0.1) is 0 Å². The fraction of sp³-hybridized carbons (Fsp3) is 0.111. The predicted molar refractivity (Wildman–Crippen MR) is 85.2 cm³/mol. The summed E-state index contributed by atoms with van der Waals surface area (Å²) in [5, 5.41) is 12.7. The smallest absolute Gasteiger partial charge is 0.327 e. The predicted octanol–water partition coefficient (Wildman–Crippen LogP) is 1.99. The minimum Gasteiger partial charge on any atom is -0.369 e. The average Bonchev–Trinajstić information content (AvgIpc) is 2.87. The van der Waals surface area contributed by atoms with Crippen molar-refractivity contribution in [1.82, 2.24) is 10.2 Å². The van der Waals surface area contributed by atoms with Crippen LogP contribution >= 0.6 is 0 Å². The summed E-state index contributed by atoms with van der Waals surface area (Å²) in [4.78, 5) is 26.2. The molecule has 3 amide bonds. The number of carbonyl (C=O) groups excluding carboxylic acids is 2. The lowest BCUT2D eigenvalue weighted by Gasteiger charge is -2.28. The van der Waals surface area contributed by atoms with Crippen molar-refractivity contribution < 1.29 is 14.7 Å². The van der Waals surface area contributed by atoms with Crippen LogP contribution in [-0.2, 0) is 10.3 Å². The molecule has 1 aliphatic rings. The van der Waals surface area contributed by atoms with E-state index in [1.807, 2.05) is 12.1 Å². The lowest BCUT2D eigenvalue weighted by Crippen LogP contribution is -2.46. The van der Waals surface area contributed by atoms with Crippen molar-refractivity contribution in [2.45, 2.75) is 11.8 Å². The van der Waals surface area contributed by atoms with Gasteiger partial charge in [-0.1, -0.05) is 67.2 Å². The number of imide groups is 1. The number of aliphatic hydroxyl groups excluding tert-OH is 1. The van der Waals surface area contributed by atoms with Crippen LogP contribution in [0.15, 0.2) is 73.3 Å². The SMILES string of the molecule is C=CC(O)N1C(=O)NC(c2ccccc2)(c2ccccc2)C1=O. The first kappa shape index (κ1) is 15.0. The van der Waals surface area contributed by atoms with E-state index in [1.54, 1.807) is 48.5 Å². The van der Waals surface area contributed by atoms with Crippen molar-refractivity contribution in [3.63, 3.8) is 0 Å². The van der Waals surface area contributed by atoms with Gasteiger partial charge in [-0.05, 0) is 17.2 Å². The largest absolute Gasteiger partial charge is 0.369 e. The minimum atomic E-state index is -1.38. The van der Waals surface area contributed by atoms with Crippen molar-refractivity contribution in [2.24, 2.45) is 0 Å². The molecular weight excluding hydrogens is 292 g/mol. The highest BCUT2D eigenvalue weighted by molar-refractivity contribution is 6.09. The van der Waals surface area contributed by atoms with Gasteiger partial charge in [0.1, 0.15) is 0 Å². The molecule has 3 rings (SSSR count). The van der Waals surface area contributed by atoms with Gasteiger partial charge in [0.25, 0.3) is 5.91 Å². The summed E-state index contributed by atoms with van der Waals surface area (Å²) < 4.78 is 0. The molecule has 1 atom stereocenters. The maximum Gasteiger partial charge on any atom is 0.327 e. The van der Waals surface area contributed by atoms with E-state index in [0.717, 1.165) is 11.0 Å². The Hall–Kier alpha value is -2.92. The van der Waals surface area contributed by atoms with Crippen molar-refractivity contribution in [2.75, 3.05) is 0 Å². The Morgan fingerprint density at radius 1 is 1.00 bits per heavy atom. The van der Waals surface area contributed by atoms with Crippen LogP contribution in [0.5, 0.6) is 0 Å². The summed E-state index contributed by atoms with van der Waals surface area (Å²) in [7, 11) is 0. The van der Waals surface area contributed by atoms with Gasteiger partial charge in [-0.2, -0.15) is 0 Å². The molecule has 23 heavy (non-hydrogen) atoms. The summed E-state index contributed by atoms with van der Waals surface area (Å²) >= 11 is 0. The summed E-state index contributed by atoms with van der Waals surface area (Å²) in [5.74, 6) is -0.535. The second kappa shape index (κ2) is 5.70. The fourth-order valence-electron chi connectivity index (χ4n) is 2.83. The lowest BCUT2D eigenvalue weighted by atomic mass is 9.82. The zero-order valence-electron chi connectivity index (χ0n) is 12.3. The van der Waals surface area contributed by atoms with Crippen LogP contribution < -0.4 is 5.32 Å². The molecule has 2 N–H and O–H groups in total. The number of amides is 3. The van der Waals surface area contributed by atoms with Crippen LogP contribution in [0.3, 0.4) is 0 Å². The zero-order valence-corrected chi connectivity index (χ0v) is 12.3. The number of nitrogens with one attached hydrogen (secondary N) is 1. The molecule has 0 bridgehead atoms. The summed E-state index contributed by atoms with van der Waals surface area (Å²) in [6.07, 6.45) is -0.236. The van der Waals surface area contributed by atoms with Crippen LogP contribution in [0.4, 0.5) is 4.79 Å². The van der Waals surface area contributed by atoms with E-state index < -0.39 is 23.7 Å². The topological polar surface area (TPSA) is 69.6 Å². The first-order valence-electron chi connectivity index (χ1n) is 7.18. The van der Waals surface area contributed by atoms with E-state index in [4.69, 9.17) is 0 Å². The molecule has 116 valence electrons. The van der Waals surface area contributed by atoms with E-state index in [9.17, 15) is 14.7 Å². The lowest BCUT2D eigenvalue weighted by molar-refractivity contribution is -0.135. The van der Waals surface area contributed by atoms with Gasteiger partial charge in [0.15, 0.2) is 11.8 Å². The Bertz CT molecular complexity index is 704. The Kier molecular flexibility index (Phi) is 3.72. The zero-order chi connectivity index (χ0) is 16.4. The van der Waals surface area contributed by atoms with Crippen LogP contribution in [0.2, 0.25) is 0 Å². The molecule has 2 aromatic rings. The first-order chi connectivity index (χ1) is 11.1. The van der Waals surface area contributed by atoms with Crippen LogP contribution in [-0.4, -0.2) is 28.2 Å². The van der Waals surface area contributed by atoms with Gasteiger partial charge in [-0.25, -0.2) is 9.69 Å². The van der Waals surface area contributed by atoms with E-state index in [2.05, 4.69) is 11.9 Å². The number of carbonyl (C=O) groups is 2. The number of rotatable bonds is 4. The summed E-state index contributed by atoms with van der Waals surface area (Å²) in [6.45, 7) is 3.44. The van der Waals surface area contributed by atoms with Gasteiger partial charge in [0.2, 0.25) is 0 Å². The van der Waals surface area contributed by atoms with Gasteiger partial charge in [-0.3, -0.25) is 4.79 Å². The molecule has 0 radical (unpaired) electrons. The molecule has 0 spiro atoms. The van der Waals surface area contributed by atoms with Gasteiger partial charge < -0.3 is 10.4 Å². The summed E-state index contributed by atoms with van der Waals surface area (Å²) in [5.41, 5.74) is -0.101. The fourth-order valence-corrected chi connectivity index (χ4v) is 2.83. The van der Waals surface area contributed by atoms with E-state index >= 15 is 0 Å². The molecule has 0 aliphatic carbocycles. The van der Waals surface area contributed by atoms with Gasteiger partial charge in [0, 0.05) is 0 Å². The van der Waals surface area contributed by atoms with Gasteiger partial charge >= 0.3 is 6.03 Å². The molecule has 5 heteroatoms. The standard InChI is InChI=1S/C18H16N2O3/c1-2-15(21)20-16(22)18(19-17(20)23,13-9-5-3-6-10-13)14-11-7-4-8-12-14/h2-12,15,21H,1H2,(H,19,23). The Morgan fingerprint density at radius 3 is 1.91 bits per heavy atom. The quantitative estimate of drug-likeness (QED) is 0.670. The normalized spacial score (nSPS) is 17.7. The van der Waals surface area contributed by atoms with Gasteiger partial charge in [-0.15, -0.1) is 0 Å². The Labute approximate surface area is 133 Å². The Morgan fingerprint density at radius 2 is 1.48 bits per heavy atom. The van der Waals surface area contributed by atoms with Crippen LogP contribution in [0.25, 0.3) is 0 Å². The van der Waals surface area contributed by atoms with Crippen molar-refractivity contribution >= 4 is 11.9 Å². The second-order valence-electron chi connectivity index (χ2n) is 5.24. The van der Waals surface area contributed by atoms with Crippen molar-refractivity contribution in [3.05, 3.63) is 84.4 Å². The third kappa shape index (κ3) is 2.22. The molecule has 1 fully saturated rings. The van der Waals surface area contributed by atoms with E-state index in [-0.39, 0.29) is 0 Å². The van der Waals surface area contributed by atoms with Crippen molar-refractivity contribution in [3.8, 4) is 0 Å². The summed E-state index contributed by atoms with van der Waals surface area (Å²) in [6, 6.07) is 17.3. The Balaban J connectivity index is 2.21. The molecule has 1 unspecified atom stereocenters. The molecule has 0 saturated carbocycles. The highest BCUT2D eigenvalue weighted by Gasteiger charge is 2.55. The molecule has 1 saturated heterocycles. The molecular formula is C18H16N2O3. The monoisotopic (exact) mass is 308 g/mol. The highest BCUT2D eigenvalue weighted by atomic mass is 16.3. The van der Waals surface area contributed by atoms with E-state index in [0.29, 0.717) is 11.1 Å². The highest BCUT2D eigenvalue weighted by Crippen LogP contribution is 2.36. The van der Waals surface area contributed by atoms with E-state index in [1.165, 1.54) is 0 Å². The number of aliphatic hydroxyl groups is 1. The number of hydrogen-bond acceptors (Lipinski definition) is 3. The maximum absolute atomic E-state index is 13.1. The number of urea groups is 1. The number of nitrogens with zero attached hydrogens (tertiary/aromatic N) is 1. The average molecular weight is 308 g/mol. The third-order valence-corrected chi connectivity index (χ3v) is 3.94. The maximum atomic E-state index is 13.1. The minimum absolute atomic E-state index is 0.535. The van der Waals surface area contributed by atoms with Crippen LogP contribution in [0.1, 0.15) is 11.1 Å². The molecule has 1 aliphatic heterocycles. The van der Waals surface area contributed by atoms with Gasteiger partial charge in [0.05, 0.1) is 0 Å². The molecule has 0 aromatic heterocycles.